The summed E-state index contributed by atoms with van der Waals surface area (Å²) >= 11 is 1.68. The van der Waals surface area contributed by atoms with Crippen molar-refractivity contribution < 1.29 is 14.6 Å². The summed E-state index contributed by atoms with van der Waals surface area (Å²) in [5.41, 5.74) is 2.79. The van der Waals surface area contributed by atoms with E-state index in [1.807, 2.05) is 30.3 Å². The van der Waals surface area contributed by atoms with Gasteiger partial charge in [-0.1, -0.05) is 38.1 Å². The van der Waals surface area contributed by atoms with E-state index in [-0.39, 0.29) is 28.1 Å². The molecule has 0 radical (unpaired) electrons. The molecule has 27 heavy (non-hydrogen) atoms. The number of thioether (sulfide) groups is 1. The molecule has 0 aromatic heterocycles. The molecule has 0 saturated heterocycles. The predicted molar refractivity (Wildman–Crippen MR) is 108 cm³/mol. The Morgan fingerprint density at radius 2 is 2.00 bits per heavy atom. The van der Waals surface area contributed by atoms with E-state index in [4.69, 9.17) is 4.74 Å². The molecule has 0 saturated carbocycles. The van der Waals surface area contributed by atoms with Crippen LogP contribution in [0.25, 0.3) is 0 Å². The third-order valence-electron chi connectivity index (χ3n) is 5.11. The van der Waals surface area contributed by atoms with Gasteiger partial charge in [-0.25, -0.2) is 0 Å². The summed E-state index contributed by atoms with van der Waals surface area (Å²) in [6.45, 7) is 4.19. The van der Waals surface area contributed by atoms with Crippen LogP contribution in [0.1, 0.15) is 31.1 Å². The first kappa shape index (κ1) is 18.0. The van der Waals surface area contributed by atoms with Gasteiger partial charge >= 0.3 is 0 Å². The molecule has 2 aromatic rings. The molecule has 1 aliphatic carbocycles. The first-order chi connectivity index (χ1) is 12.9. The van der Waals surface area contributed by atoms with E-state index in [1.165, 1.54) is 7.11 Å². The minimum absolute atomic E-state index is 0.0921. The van der Waals surface area contributed by atoms with Gasteiger partial charge in [-0.05, 0) is 35.2 Å². The summed E-state index contributed by atoms with van der Waals surface area (Å²) < 4.78 is 5.30. The molecule has 1 aliphatic heterocycles. The lowest BCUT2D eigenvalue weighted by Crippen LogP contribution is -2.34. The van der Waals surface area contributed by atoms with Gasteiger partial charge in [0, 0.05) is 22.3 Å². The zero-order valence-corrected chi connectivity index (χ0v) is 16.5. The highest BCUT2D eigenvalue weighted by atomic mass is 32.2. The number of ketones is 1. The predicted octanol–water partition coefficient (Wildman–Crippen LogP) is 5.16. The number of phenols is 1. The number of hydrogen-bond acceptors (Lipinski definition) is 5. The van der Waals surface area contributed by atoms with Gasteiger partial charge in [-0.2, -0.15) is 0 Å². The molecule has 2 N–H and O–H groups in total. The average molecular weight is 381 g/mol. The van der Waals surface area contributed by atoms with Crippen LogP contribution in [-0.4, -0.2) is 18.0 Å². The Kier molecular flexibility index (Phi) is 4.42. The molecule has 2 aromatic carbocycles. The van der Waals surface area contributed by atoms with Crippen LogP contribution < -0.4 is 10.1 Å². The van der Waals surface area contributed by atoms with Gasteiger partial charge in [-0.3, -0.25) is 4.79 Å². The van der Waals surface area contributed by atoms with Gasteiger partial charge in [-0.15, -0.1) is 11.8 Å². The Balaban J connectivity index is 1.88. The highest BCUT2D eigenvalue weighted by molar-refractivity contribution is 7.99. The van der Waals surface area contributed by atoms with Crippen LogP contribution in [0.5, 0.6) is 11.5 Å². The number of ether oxygens (including phenoxy) is 1. The standard InChI is InChI=1S/C22H23NO3S/c1-22(2)11-15-20(17(25)12-22)21(13-8-9-16(24)18(10-13)26-3)27-19-7-5-4-6-14(19)23-15/h4-11,20-21,23-24H,12H2,1-3H3/t20-,21-/m0/s1. The fourth-order valence-electron chi connectivity index (χ4n) is 3.90. The molecule has 0 spiro atoms. The maximum absolute atomic E-state index is 13.2. The number of fused-ring (bicyclic) bond motifs is 2. The van der Waals surface area contributed by atoms with Crippen molar-refractivity contribution in [1.82, 2.24) is 0 Å². The van der Waals surface area contributed by atoms with E-state index in [1.54, 1.807) is 17.8 Å². The van der Waals surface area contributed by atoms with Crippen molar-refractivity contribution in [3.05, 3.63) is 59.8 Å². The number of carbonyl (C=O) groups excluding carboxylic acids is 1. The number of carbonyl (C=O) groups is 1. The zero-order chi connectivity index (χ0) is 19.2. The minimum atomic E-state index is -0.260. The van der Waals surface area contributed by atoms with Crippen molar-refractivity contribution in [2.24, 2.45) is 11.3 Å². The number of nitrogens with one attached hydrogen (secondary N) is 1. The second kappa shape index (κ2) is 6.64. The third-order valence-corrected chi connectivity index (χ3v) is 6.52. The normalized spacial score (nSPS) is 23.4. The average Bonchev–Trinajstić information content (AvgIpc) is 2.77. The number of phenolic OH excluding ortho intramolecular Hbond substituents is 1. The van der Waals surface area contributed by atoms with E-state index in [9.17, 15) is 9.90 Å². The fourth-order valence-corrected chi connectivity index (χ4v) is 5.30. The molecule has 0 bridgehead atoms. The molecule has 4 rings (SSSR count). The van der Waals surface area contributed by atoms with E-state index < -0.39 is 0 Å². The van der Waals surface area contributed by atoms with Crippen molar-refractivity contribution in [2.45, 2.75) is 30.4 Å². The van der Waals surface area contributed by atoms with Crippen LogP contribution in [0.4, 0.5) is 5.69 Å². The quantitative estimate of drug-likeness (QED) is 0.753. The second-order valence-electron chi connectivity index (χ2n) is 7.80. The van der Waals surface area contributed by atoms with E-state index >= 15 is 0 Å². The smallest absolute Gasteiger partial charge is 0.160 e. The van der Waals surface area contributed by atoms with Crippen molar-refractivity contribution in [2.75, 3.05) is 12.4 Å². The number of aromatic hydroxyl groups is 1. The molecular weight excluding hydrogens is 358 g/mol. The number of benzene rings is 2. The maximum atomic E-state index is 13.2. The summed E-state index contributed by atoms with van der Waals surface area (Å²) in [4.78, 5) is 14.3. The number of Topliss-reactive ketones (excluding diaryl/α,β-unsaturated/α-hetero) is 1. The van der Waals surface area contributed by atoms with Crippen LogP contribution >= 0.6 is 11.8 Å². The van der Waals surface area contributed by atoms with Crippen LogP contribution in [-0.2, 0) is 4.79 Å². The van der Waals surface area contributed by atoms with Crippen LogP contribution in [0.3, 0.4) is 0 Å². The Labute approximate surface area is 163 Å². The molecule has 1 heterocycles. The molecule has 0 amide bonds. The lowest BCUT2D eigenvalue weighted by molar-refractivity contribution is -0.123. The van der Waals surface area contributed by atoms with E-state index in [0.29, 0.717) is 12.2 Å². The largest absolute Gasteiger partial charge is 0.504 e. The summed E-state index contributed by atoms with van der Waals surface area (Å²) in [5.74, 6) is 0.505. The molecular formula is C22H23NO3S. The lowest BCUT2D eigenvalue weighted by atomic mass is 9.74. The monoisotopic (exact) mass is 381 g/mol. The molecule has 0 fully saturated rings. The zero-order valence-electron chi connectivity index (χ0n) is 15.7. The molecule has 0 unspecified atom stereocenters. The fraction of sp³-hybridized carbons (Fsp3) is 0.318. The number of para-hydroxylation sites is 1. The summed E-state index contributed by atoms with van der Waals surface area (Å²) in [6, 6.07) is 13.5. The minimum Gasteiger partial charge on any atom is -0.504 e. The third kappa shape index (κ3) is 3.32. The van der Waals surface area contributed by atoms with Gasteiger partial charge in [0.25, 0.3) is 0 Å². The highest BCUT2D eigenvalue weighted by Gasteiger charge is 2.42. The van der Waals surface area contributed by atoms with Gasteiger partial charge in [0.15, 0.2) is 11.5 Å². The molecule has 2 atom stereocenters. The van der Waals surface area contributed by atoms with Crippen molar-refractivity contribution >= 4 is 23.2 Å². The number of rotatable bonds is 2. The lowest BCUT2D eigenvalue weighted by Gasteiger charge is -2.35. The number of anilines is 1. The Hall–Kier alpha value is -2.40. The molecule has 5 heteroatoms. The van der Waals surface area contributed by atoms with Crippen LogP contribution in [0.2, 0.25) is 0 Å². The van der Waals surface area contributed by atoms with Gasteiger partial charge in [0.05, 0.1) is 18.7 Å². The summed E-state index contributed by atoms with van der Waals surface area (Å²) in [7, 11) is 1.54. The number of hydrogen-bond donors (Lipinski definition) is 2. The summed E-state index contributed by atoms with van der Waals surface area (Å²) in [5, 5.41) is 13.4. The van der Waals surface area contributed by atoms with Crippen molar-refractivity contribution in [3.63, 3.8) is 0 Å². The van der Waals surface area contributed by atoms with E-state index in [2.05, 4.69) is 31.3 Å². The van der Waals surface area contributed by atoms with Crippen molar-refractivity contribution in [1.29, 1.82) is 0 Å². The Morgan fingerprint density at radius 3 is 2.78 bits per heavy atom. The maximum Gasteiger partial charge on any atom is 0.160 e. The van der Waals surface area contributed by atoms with Gasteiger partial charge in [0.2, 0.25) is 0 Å². The second-order valence-corrected chi connectivity index (χ2v) is 8.98. The van der Waals surface area contributed by atoms with Gasteiger partial charge in [0.1, 0.15) is 5.78 Å². The topological polar surface area (TPSA) is 58.6 Å². The summed E-state index contributed by atoms with van der Waals surface area (Å²) in [6.07, 6.45) is 2.72. The van der Waals surface area contributed by atoms with Crippen LogP contribution in [0.15, 0.2) is 59.1 Å². The number of methoxy groups -OCH3 is 1. The highest BCUT2D eigenvalue weighted by Crippen LogP contribution is 2.53. The molecule has 4 nitrogen and oxygen atoms in total. The molecule has 2 aliphatic rings. The van der Waals surface area contributed by atoms with Gasteiger partial charge < -0.3 is 15.2 Å². The SMILES string of the molecule is COc1cc([C@@H]2Sc3ccccc3NC3=CC(C)(C)CC(=O)[C@H]32)ccc1O. The Morgan fingerprint density at radius 1 is 1.22 bits per heavy atom. The first-order valence-electron chi connectivity index (χ1n) is 9.03. The first-order valence-corrected chi connectivity index (χ1v) is 9.91. The van der Waals surface area contributed by atoms with E-state index in [0.717, 1.165) is 21.8 Å². The Bertz CT molecular complexity index is 935. The van der Waals surface area contributed by atoms with Crippen LogP contribution in [0, 0.1) is 11.3 Å². The number of allylic oxidation sites excluding steroid dienone is 2. The molecule has 140 valence electrons. The van der Waals surface area contributed by atoms with Crippen molar-refractivity contribution in [3.8, 4) is 11.5 Å².